The predicted molar refractivity (Wildman–Crippen MR) is 189 cm³/mol. The summed E-state index contributed by atoms with van der Waals surface area (Å²) >= 11 is 1.44. The third-order valence-electron chi connectivity index (χ3n) is 9.42. The molecule has 0 radical (unpaired) electrons. The van der Waals surface area contributed by atoms with Crippen LogP contribution in [0.1, 0.15) is 43.6 Å². The Morgan fingerprint density at radius 3 is 2.59 bits per heavy atom. The number of carbonyl (C=O) groups excluding carboxylic acids is 1. The van der Waals surface area contributed by atoms with Crippen LogP contribution in [-0.2, 0) is 24.2 Å². The van der Waals surface area contributed by atoms with Gasteiger partial charge in [-0.05, 0) is 81.4 Å². The topological polar surface area (TPSA) is 83.7 Å². The molecule has 1 amide bonds. The summed E-state index contributed by atoms with van der Waals surface area (Å²) in [5.41, 5.74) is 5.21. The standard InChI is InChI=1S/C38H39F2N5O3S/c1-6-32(46)44-14-15-45-30(22(44)2)20-29(42-45)36-34(33-28(40)18-26(39)19-31(33)48-21-38(3,4)47)37-27(11-16-49-37)35(41-36)25-8-7-23-9-12-43(5)13-10-24(23)17-25/h6-8,11,16-20,22,47H,1,9-10,12-15,21H2,2-5H3. The number of hydrogen-bond donors (Lipinski definition) is 1. The first-order chi connectivity index (χ1) is 23.4. The van der Waals surface area contributed by atoms with E-state index in [1.807, 2.05) is 29.1 Å². The van der Waals surface area contributed by atoms with Gasteiger partial charge in [0.2, 0.25) is 5.91 Å². The second kappa shape index (κ2) is 12.8. The summed E-state index contributed by atoms with van der Waals surface area (Å²) < 4.78 is 39.5. The van der Waals surface area contributed by atoms with Crippen LogP contribution in [0.4, 0.5) is 8.78 Å². The molecule has 2 aliphatic rings. The number of pyridine rings is 1. The maximum atomic E-state index is 16.2. The number of carbonyl (C=O) groups is 1. The lowest BCUT2D eigenvalue weighted by Gasteiger charge is -2.33. The number of halogens is 2. The zero-order valence-corrected chi connectivity index (χ0v) is 28.9. The van der Waals surface area contributed by atoms with Crippen LogP contribution in [0.25, 0.3) is 43.9 Å². The molecule has 8 nitrogen and oxygen atoms in total. The van der Waals surface area contributed by atoms with Crippen LogP contribution in [0.3, 0.4) is 0 Å². The fourth-order valence-corrected chi connectivity index (χ4v) is 7.79. The van der Waals surface area contributed by atoms with Gasteiger partial charge in [-0.3, -0.25) is 9.48 Å². The van der Waals surface area contributed by atoms with Crippen molar-refractivity contribution in [1.82, 2.24) is 24.6 Å². The number of aliphatic hydroxyl groups is 1. The summed E-state index contributed by atoms with van der Waals surface area (Å²) in [7, 11) is 2.14. The molecule has 11 heteroatoms. The molecule has 5 heterocycles. The van der Waals surface area contributed by atoms with Crippen molar-refractivity contribution in [3.63, 3.8) is 0 Å². The minimum atomic E-state index is -1.25. The average Bonchev–Trinajstić information content (AvgIpc) is 3.69. The van der Waals surface area contributed by atoms with Gasteiger partial charge in [0.1, 0.15) is 35.4 Å². The van der Waals surface area contributed by atoms with Gasteiger partial charge in [0.05, 0.1) is 35.1 Å². The molecule has 254 valence electrons. The Bertz CT molecular complexity index is 2100. The first kappa shape index (κ1) is 33.1. The number of ether oxygens (including phenoxy) is 1. The van der Waals surface area contributed by atoms with E-state index in [1.54, 1.807) is 18.7 Å². The van der Waals surface area contributed by atoms with Gasteiger partial charge in [-0.2, -0.15) is 5.10 Å². The van der Waals surface area contributed by atoms with Gasteiger partial charge in [-0.15, -0.1) is 11.3 Å². The van der Waals surface area contributed by atoms with Gasteiger partial charge in [-0.1, -0.05) is 18.7 Å². The predicted octanol–water partition coefficient (Wildman–Crippen LogP) is 7.04. The lowest BCUT2D eigenvalue weighted by atomic mass is 9.94. The van der Waals surface area contributed by atoms with Crippen LogP contribution in [0.2, 0.25) is 0 Å². The summed E-state index contributed by atoms with van der Waals surface area (Å²) in [6.07, 6.45) is 3.20. The van der Waals surface area contributed by atoms with Crippen molar-refractivity contribution in [3.05, 3.63) is 89.0 Å². The maximum Gasteiger partial charge on any atom is 0.246 e. The highest BCUT2D eigenvalue weighted by Gasteiger charge is 2.32. The highest BCUT2D eigenvalue weighted by Crippen LogP contribution is 2.47. The maximum absolute atomic E-state index is 16.2. The van der Waals surface area contributed by atoms with E-state index in [0.29, 0.717) is 30.0 Å². The van der Waals surface area contributed by atoms with E-state index >= 15 is 4.39 Å². The van der Waals surface area contributed by atoms with Gasteiger partial charge in [0.15, 0.2) is 0 Å². The molecule has 5 aromatic rings. The summed E-state index contributed by atoms with van der Waals surface area (Å²) in [5.74, 6) is -1.82. The second-order valence-electron chi connectivity index (χ2n) is 13.6. The highest BCUT2D eigenvalue weighted by atomic mass is 32.1. The zero-order valence-electron chi connectivity index (χ0n) is 28.1. The number of thiophene rings is 1. The number of hydrogen-bond acceptors (Lipinski definition) is 7. The van der Waals surface area contributed by atoms with Crippen molar-refractivity contribution in [3.8, 4) is 39.5 Å². The fourth-order valence-electron chi connectivity index (χ4n) is 6.84. The molecule has 0 spiro atoms. The summed E-state index contributed by atoms with van der Waals surface area (Å²) in [5, 5.41) is 18.2. The van der Waals surface area contributed by atoms with E-state index in [9.17, 15) is 14.3 Å². The van der Waals surface area contributed by atoms with E-state index in [1.165, 1.54) is 28.5 Å². The molecule has 1 unspecified atom stereocenters. The Labute approximate surface area is 288 Å². The lowest BCUT2D eigenvalue weighted by Crippen LogP contribution is -2.40. The summed E-state index contributed by atoms with van der Waals surface area (Å²) in [6, 6.07) is 12.1. The minimum absolute atomic E-state index is 0.0413. The molecule has 0 fully saturated rings. The van der Waals surface area contributed by atoms with Crippen molar-refractivity contribution < 1.29 is 23.4 Å². The number of nitrogens with zero attached hydrogens (tertiary/aromatic N) is 5. The molecule has 2 aromatic carbocycles. The number of likely N-dealkylation sites (N-methyl/N-ethyl adjacent to an activating group) is 1. The van der Waals surface area contributed by atoms with Crippen molar-refractivity contribution in [2.75, 3.05) is 33.3 Å². The molecular weight excluding hydrogens is 645 g/mol. The third kappa shape index (κ3) is 6.26. The second-order valence-corrected chi connectivity index (χ2v) is 14.5. The highest BCUT2D eigenvalue weighted by molar-refractivity contribution is 7.18. The quantitative estimate of drug-likeness (QED) is 0.185. The van der Waals surface area contributed by atoms with E-state index in [0.717, 1.165) is 65.1 Å². The summed E-state index contributed by atoms with van der Waals surface area (Å²) in [4.78, 5) is 22.0. The first-order valence-electron chi connectivity index (χ1n) is 16.5. The van der Waals surface area contributed by atoms with E-state index < -0.39 is 17.2 Å². The molecule has 2 aliphatic heterocycles. The Hall–Kier alpha value is -4.45. The molecule has 0 aliphatic carbocycles. The van der Waals surface area contributed by atoms with Crippen LogP contribution in [0.5, 0.6) is 5.75 Å². The third-order valence-corrected chi connectivity index (χ3v) is 10.4. The molecule has 0 saturated carbocycles. The number of fused-ring (bicyclic) bond motifs is 3. The van der Waals surface area contributed by atoms with Crippen LogP contribution in [-0.4, -0.2) is 74.5 Å². The Morgan fingerprint density at radius 1 is 1.06 bits per heavy atom. The number of amides is 1. The van der Waals surface area contributed by atoms with Crippen LogP contribution in [0, 0.1) is 11.6 Å². The molecule has 1 atom stereocenters. The van der Waals surface area contributed by atoms with E-state index in [-0.39, 0.29) is 29.9 Å². The van der Waals surface area contributed by atoms with Gasteiger partial charge in [-0.25, -0.2) is 13.8 Å². The number of aromatic nitrogens is 3. The average molecular weight is 684 g/mol. The van der Waals surface area contributed by atoms with Gasteiger partial charge in [0.25, 0.3) is 0 Å². The molecule has 0 bridgehead atoms. The molecule has 7 rings (SSSR count). The van der Waals surface area contributed by atoms with Crippen LogP contribution < -0.4 is 4.74 Å². The normalized spacial score (nSPS) is 16.7. The molecule has 49 heavy (non-hydrogen) atoms. The first-order valence-corrected chi connectivity index (χ1v) is 17.4. The zero-order chi connectivity index (χ0) is 34.6. The molecule has 0 saturated heterocycles. The van der Waals surface area contributed by atoms with Gasteiger partial charge < -0.3 is 19.6 Å². The monoisotopic (exact) mass is 683 g/mol. The molecule has 3 aromatic heterocycles. The SMILES string of the molecule is C=CC(=O)N1CCn2nc(-c3nc(-c4ccc5c(c4)CCN(C)CC5)c4ccsc4c3-c3c(F)cc(F)cc3OCC(C)(C)O)cc2C1C. The number of benzene rings is 2. The molecule has 1 N–H and O–H groups in total. The minimum Gasteiger partial charge on any atom is -0.490 e. The van der Waals surface area contributed by atoms with Gasteiger partial charge >= 0.3 is 0 Å². The summed E-state index contributed by atoms with van der Waals surface area (Å²) in [6.45, 7) is 11.4. The Kier molecular flexibility index (Phi) is 8.62. The van der Waals surface area contributed by atoms with Crippen molar-refractivity contribution >= 4 is 27.3 Å². The van der Waals surface area contributed by atoms with E-state index in [2.05, 4.69) is 36.7 Å². The van der Waals surface area contributed by atoms with E-state index in [4.69, 9.17) is 14.8 Å². The number of rotatable bonds is 7. The van der Waals surface area contributed by atoms with Crippen molar-refractivity contribution in [2.24, 2.45) is 0 Å². The van der Waals surface area contributed by atoms with Crippen LogP contribution in [0.15, 0.2) is 60.5 Å². The molecular formula is C38H39F2N5O3S. The lowest BCUT2D eigenvalue weighted by molar-refractivity contribution is -0.129. The van der Waals surface area contributed by atoms with Crippen LogP contribution >= 0.6 is 11.3 Å². The Morgan fingerprint density at radius 2 is 1.84 bits per heavy atom. The van der Waals surface area contributed by atoms with Crippen molar-refractivity contribution in [1.29, 1.82) is 0 Å². The Balaban J connectivity index is 1.48. The smallest absolute Gasteiger partial charge is 0.246 e. The largest absolute Gasteiger partial charge is 0.490 e. The van der Waals surface area contributed by atoms with Gasteiger partial charge in [0, 0.05) is 53.0 Å². The fraction of sp³-hybridized carbons (Fsp3) is 0.342. The van der Waals surface area contributed by atoms with Crippen molar-refractivity contribution in [2.45, 2.75) is 51.8 Å².